The Labute approximate surface area is 75.7 Å². The molecule has 0 saturated heterocycles. The highest BCUT2D eigenvalue weighted by Gasteiger charge is 2.20. The maximum Gasteiger partial charge on any atom is 0.0811 e. The third-order valence-electron chi connectivity index (χ3n) is 2.88. The van der Waals surface area contributed by atoms with E-state index in [9.17, 15) is 4.91 Å². The SMILES string of the molecule is CC(C)C(C)(C)CCCCN=O. The number of nitrogens with zero attached hydrogens (tertiary/aromatic N) is 1. The maximum atomic E-state index is 9.81. The van der Waals surface area contributed by atoms with E-state index in [2.05, 4.69) is 32.9 Å². The Kier molecular flexibility index (Phi) is 5.11. The van der Waals surface area contributed by atoms with Crippen LogP contribution in [0.25, 0.3) is 0 Å². The van der Waals surface area contributed by atoms with Crippen molar-refractivity contribution in [3.63, 3.8) is 0 Å². The summed E-state index contributed by atoms with van der Waals surface area (Å²) in [6.45, 7) is 9.54. The van der Waals surface area contributed by atoms with Crippen molar-refractivity contribution >= 4 is 0 Å². The first-order chi connectivity index (χ1) is 5.50. The average Bonchev–Trinajstić information content (AvgIpc) is 1.98. The molecule has 12 heavy (non-hydrogen) atoms. The summed E-state index contributed by atoms with van der Waals surface area (Å²) in [5.74, 6) is 0.710. The number of unbranched alkanes of at least 4 members (excludes halogenated alkanes) is 1. The molecule has 0 spiro atoms. The van der Waals surface area contributed by atoms with Gasteiger partial charge >= 0.3 is 0 Å². The molecule has 0 saturated carbocycles. The van der Waals surface area contributed by atoms with E-state index in [0.717, 1.165) is 12.8 Å². The molecule has 0 aliphatic heterocycles. The average molecular weight is 171 g/mol. The van der Waals surface area contributed by atoms with Crippen molar-refractivity contribution in [2.75, 3.05) is 6.54 Å². The van der Waals surface area contributed by atoms with Crippen LogP contribution in [0.15, 0.2) is 5.18 Å². The van der Waals surface area contributed by atoms with Gasteiger partial charge in [0.15, 0.2) is 0 Å². The van der Waals surface area contributed by atoms with Gasteiger partial charge in [-0.1, -0.05) is 39.3 Å². The van der Waals surface area contributed by atoms with E-state index in [-0.39, 0.29) is 0 Å². The zero-order valence-electron chi connectivity index (χ0n) is 8.76. The first kappa shape index (κ1) is 11.6. The van der Waals surface area contributed by atoms with E-state index in [1.807, 2.05) is 0 Å². The Bertz CT molecular complexity index is 130. The highest BCUT2D eigenvalue weighted by Crippen LogP contribution is 2.31. The predicted molar refractivity (Wildman–Crippen MR) is 53.1 cm³/mol. The molecule has 0 unspecified atom stereocenters. The van der Waals surface area contributed by atoms with Crippen LogP contribution in [-0.4, -0.2) is 6.54 Å². The van der Waals surface area contributed by atoms with Crippen LogP contribution < -0.4 is 0 Å². The molecular weight excluding hydrogens is 150 g/mol. The van der Waals surface area contributed by atoms with Crippen molar-refractivity contribution in [3.05, 3.63) is 4.91 Å². The van der Waals surface area contributed by atoms with Crippen molar-refractivity contribution in [1.82, 2.24) is 0 Å². The lowest BCUT2D eigenvalue weighted by Gasteiger charge is -2.29. The van der Waals surface area contributed by atoms with Crippen molar-refractivity contribution in [2.24, 2.45) is 16.5 Å². The van der Waals surface area contributed by atoms with Gasteiger partial charge in [0.1, 0.15) is 0 Å². The van der Waals surface area contributed by atoms with Crippen molar-refractivity contribution in [3.8, 4) is 0 Å². The number of hydrogen-bond donors (Lipinski definition) is 0. The van der Waals surface area contributed by atoms with Crippen LogP contribution in [0, 0.1) is 16.2 Å². The topological polar surface area (TPSA) is 29.4 Å². The summed E-state index contributed by atoms with van der Waals surface area (Å²) in [4.78, 5) is 9.81. The van der Waals surface area contributed by atoms with Gasteiger partial charge in [0, 0.05) is 0 Å². The molecular formula is C10H21NO. The zero-order valence-corrected chi connectivity index (χ0v) is 8.76. The normalized spacial score (nSPS) is 12.1. The largest absolute Gasteiger partial charge is 0.151 e. The number of rotatable bonds is 6. The van der Waals surface area contributed by atoms with Gasteiger partial charge in [-0.2, -0.15) is 4.91 Å². The molecule has 72 valence electrons. The van der Waals surface area contributed by atoms with E-state index in [1.54, 1.807) is 0 Å². The molecule has 0 radical (unpaired) electrons. The second kappa shape index (κ2) is 5.28. The van der Waals surface area contributed by atoms with Gasteiger partial charge in [0.25, 0.3) is 0 Å². The fraction of sp³-hybridized carbons (Fsp3) is 1.00. The molecule has 0 atom stereocenters. The Morgan fingerprint density at radius 1 is 1.25 bits per heavy atom. The second-order valence-electron chi connectivity index (χ2n) is 4.45. The number of hydrogen-bond acceptors (Lipinski definition) is 2. The minimum atomic E-state index is 0.406. The Balaban J connectivity index is 3.54. The first-order valence-electron chi connectivity index (χ1n) is 4.80. The van der Waals surface area contributed by atoms with Gasteiger partial charge in [-0.3, -0.25) is 0 Å². The zero-order chi connectivity index (χ0) is 9.61. The van der Waals surface area contributed by atoms with Gasteiger partial charge in [0.2, 0.25) is 0 Å². The summed E-state index contributed by atoms with van der Waals surface area (Å²) >= 11 is 0. The van der Waals surface area contributed by atoms with Crippen LogP contribution >= 0.6 is 0 Å². The van der Waals surface area contributed by atoms with E-state index in [0.29, 0.717) is 17.9 Å². The van der Waals surface area contributed by atoms with Crippen LogP contribution in [0.2, 0.25) is 0 Å². The van der Waals surface area contributed by atoms with Gasteiger partial charge in [0.05, 0.1) is 6.54 Å². The maximum absolute atomic E-state index is 9.81. The van der Waals surface area contributed by atoms with Crippen molar-refractivity contribution in [1.29, 1.82) is 0 Å². The summed E-state index contributed by atoms with van der Waals surface area (Å²) in [5, 5.41) is 2.85. The molecule has 0 aliphatic carbocycles. The van der Waals surface area contributed by atoms with Gasteiger partial charge in [-0.05, 0) is 24.2 Å². The molecule has 0 heterocycles. The fourth-order valence-electron chi connectivity index (χ4n) is 1.05. The van der Waals surface area contributed by atoms with Crippen LogP contribution in [0.5, 0.6) is 0 Å². The van der Waals surface area contributed by atoms with Crippen LogP contribution in [0.3, 0.4) is 0 Å². The lowest BCUT2D eigenvalue weighted by molar-refractivity contribution is 0.222. The molecule has 0 bridgehead atoms. The van der Waals surface area contributed by atoms with Crippen LogP contribution in [0.4, 0.5) is 0 Å². The molecule has 0 aliphatic rings. The third kappa shape index (κ3) is 4.47. The molecule has 2 nitrogen and oxygen atoms in total. The van der Waals surface area contributed by atoms with Crippen molar-refractivity contribution in [2.45, 2.75) is 47.0 Å². The van der Waals surface area contributed by atoms with E-state index in [1.165, 1.54) is 6.42 Å². The van der Waals surface area contributed by atoms with Crippen molar-refractivity contribution < 1.29 is 0 Å². The minimum absolute atomic E-state index is 0.406. The quantitative estimate of drug-likeness (QED) is 0.443. The van der Waals surface area contributed by atoms with Gasteiger partial charge in [-0.25, -0.2) is 0 Å². The Morgan fingerprint density at radius 3 is 2.25 bits per heavy atom. The summed E-state index contributed by atoms with van der Waals surface area (Å²) in [6.07, 6.45) is 3.26. The highest BCUT2D eigenvalue weighted by atomic mass is 16.3. The number of nitroso groups, excluding NO2 is 1. The van der Waals surface area contributed by atoms with E-state index >= 15 is 0 Å². The van der Waals surface area contributed by atoms with Crippen LogP contribution in [0.1, 0.15) is 47.0 Å². The summed E-state index contributed by atoms with van der Waals surface area (Å²) in [5.41, 5.74) is 0.406. The van der Waals surface area contributed by atoms with Gasteiger partial charge in [-0.15, -0.1) is 0 Å². The predicted octanol–water partition coefficient (Wildman–Crippen LogP) is 3.61. The van der Waals surface area contributed by atoms with Crippen LogP contribution in [-0.2, 0) is 0 Å². The molecule has 0 aromatic heterocycles. The third-order valence-corrected chi connectivity index (χ3v) is 2.88. The second-order valence-corrected chi connectivity index (χ2v) is 4.45. The monoisotopic (exact) mass is 171 g/mol. The van der Waals surface area contributed by atoms with E-state index < -0.39 is 0 Å². The minimum Gasteiger partial charge on any atom is -0.151 e. The summed E-state index contributed by atoms with van der Waals surface area (Å²) in [7, 11) is 0. The molecule has 0 aromatic rings. The summed E-state index contributed by atoms with van der Waals surface area (Å²) in [6, 6.07) is 0. The van der Waals surface area contributed by atoms with Gasteiger partial charge < -0.3 is 0 Å². The molecule has 2 heteroatoms. The molecule has 0 amide bonds. The first-order valence-corrected chi connectivity index (χ1v) is 4.80. The van der Waals surface area contributed by atoms with E-state index in [4.69, 9.17) is 0 Å². The molecule has 0 N–H and O–H groups in total. The Morgan fingerprint density at radius 2 is 1.83 bits per heavy atom. The lowest BCUT2D eigenvalue weighted by atomic mass is 9.77. The molecule has 0 fully saturated rings. The lowest BCUT2D eigenvalue weighted by Crippen LogP contribution is -2.18. The molecule has 0 aromatic carbocycles. The highest BCUT2D eigenvalue weighted by molar-refractivity contribution is 4.72. The smallest absolute Gasteiger partial charge is 0.0811 e. The summed E-state index contributed by atoms with van der Waals surface area (Å²) < 4.78 is 0. The Hall–Kier alpha value is -0.400. The fourth-order valence-corrected chi connectivity index (χ4v) is 1.05. The molecule has 0 rings (SSSR count). The standard InChI is InChI=1S/C10H21NO/c1-9(2)10(3,4)7-5-6-8-11-12/h9H,5-8H2,1-4H3.